The molecule has 0 bridgehead atoms. The average molecular weight is 589 g/mol. The molecule has 2 heterocycles. The molecule has 220 valence electrons. The van der Waals surface area contributed by atoms with Gasteiger partial charge < -0.3 is 14.3 Å². The van der Waals surface area contributed by atoms with Crippen molar-refractivity contribution >= 4 is 23.9 Å². The first-order chi connectivity index (χ1) is 21.5. The van der Waals surface area contributed by atoms with E-state index in [1.165, 1.54) is 17.0 Å². The molecule has 44 heavy (non-hydrogen) atoms. The van der Waals surface area contributed by atoms with Crippen molar-refractivity contribution in [1.82, 2.24) is 9.96 Å². The van der Waals surface area contributed by atoms with Crippen LogP contribution in [-0.2, 0) is 14.4 Å². The van der Waals surface area contributed by atoms with Gasteiger partial charge in [0.15, 0.2) is 0 Å². The quantitative estimate of drug-likeness (QED) is 0.258. The molecule has 9 heteroatoms. The first kappa shape index (κ1) is 27.4. The number of carbonyl (C=O) groups excluding carboxylic acids is 4. The van der Waals surface area contributed by atoms with E-state index < -0.39 is 36.0 Å². The standard InChI is InChI=1S/C35H28N2O7/c1-42-22-16-14-21(15-17-22)30-18-19-31(34(40)44-37-32(38)27-12-6-7-13-28(27)33(37)39)36(30)35(41)43-20-29-25-10-4-2-8-23(25)24-9-3-5-11-26(24)29/h2-17,29-31H,18-20H2,1H3. The number of fused-ring (bicyclic) bond motifs is 4. The summed E-state index contributed by atoms with van der Waals surface area (Å²) in [7, 11) is 1.57. The van der Waals surface area contributed by atoms with Crippen LogP contribution in [0.25, 0.3) is 11.1 Å². The minimum Gasteiger partial charge on any atom is -0.497 e. The molecule has 2 aliphatic heterocycles. The maximum absolute atomic E-state index is 13.9. The van der Waals surface area contributed by atoms with Crippen LogP contribution in [0.4, 0.5) is 4.79 Å². The van der Waals surface area contributed by atoms with Crippen molar-refractivity contribution in [3.63, 3.8) is 0 Å². The molecule has 0 N–H and O–H groups in total. The highest BCUT2D eigenvalue weighted by Crippen LogP contribution is 2.45. The Morgan fingerprint density at radius 1 is 0.727 bits per heavy atom. The van der Waals surface area contributed by atoms with Crippen molar-refractivity contribution in [3.05, 3.63) is 125 Å². The monoisotopic (exact) mass is 588 g/mol. The number of nitrogens with zero attached hydrogens (tertiary/aromatic N) is 2. The zero-order valence-electron chi connectivity index (χ0n) is 23.8. The summed E-state index contributed by atoms with van der Waals surface area (Å²) in [6, 6.07) is 28.0. The number of imide groups is 1. The number of likely N-dealkylation sites (tertiary alicyclic amines) is 1. The van der Waals surface area contributed by atoms with Gasteiger partial charge in [-0.2, -0.15) is 0 Å². The Morgan fingerprint density at radius 3 is 1.84 bits per heavy atom. The summed E-state index contributed by atoms with van der Waals surface area (Å²) in [6.45, 7) is 0.0683. The summed E-state index contributed by atoms with van der Waals surface area (Å²) >= 11 is 0. The van der Waals surface area contributed by atoms with Crippen molar-refractivity contribution in [2.75, 3.05) is 13.7 Å². The topological polar surface area (TPSA) is 102 Å². The molecular formula is C35H28N2O7. The maximum atomic E-state index is 13.9. The largest absolute Gasteiger partial charge is 0.497 e. The van der Waals surface area contributed by atoms with Gasteiger partial charge in [0.2, 0.25) is 0 Å². The number of methoxy groups -OCH3 is 1. The van der Waals surface area contributed by atoms with Gasteiger partial charge in [-0.3, -0.25) is 14.5 Å². The minimum atomic E-state index is -1.08. The molecule has 1 fully saturated rings. The van der Waals surface area contributed by atoms with Gasteiger partial charge in [-0.05, 0) is 64.9 Å². The molecule has 4 aromatic rings. The normalized spacial score (nSPS) is 18.6. The number of hydrogen-bond donors (Lipinski definition) is 0. The van der Waals surface area contributed by atoms with Crippen LogP contribution in [-0.4, -0.2) is 53.6 Å². The Kier molecular flexibility index (Phi) is 6.85. The van der Waals surface area contributed by atoms with Crippen LogP contribution in [0.3, 0.4) is 0 Å². The van der Waals surface area contributed by atoms with E-state index in [0.717, 1.165) is 27.8 Å². The van der Waals surface area contributed by atoms with Gasteiger partial charge in [0, 0.05) is 5.92 Å². The minimum absolute atomic E-state index is 0.0683. The SMILES string of the molecule is COc1ccc(C2CCC(C(=O)ON3C(=O)c4ccccc4C3=O)N2C(=O)OCC2c3ccccc3-c3ccccc32)cc1. The number of rotatable bonds is 6. The van der Waals surface area contributed by atoms with Gasteiger partial charge in [-0.25, -0.2) is 9.59 Å². The van der Waals surface area contributed by atoms with Crippen LogP contribution in [0.15, 0.2) is 97.1 Å². The average Bonchev–Trinajstić information content (AvgIpc) is 3.72. The van der Waals surface area contributed by atoms with Gasteiger partial charge in [0.05, 0.1) is 24.3 Å². The fourth-order valence-corrected chi connectivity index (χ4v) is 6.52. The van der Waals surface area contributed by atoms with Crippen LogP contribution in [0.2, 0.25) is 0 Å². The molecular weight excluding hydrogens is 560 g/mol. The van der Waals surface area contributed by atoms with Crippen molar-refractivity contribution in [3.8, 4) is 16.9 Å². The third kappa shape index (κ3) is 4.48. The number of benzene rings is 4. The lowest BCUT2D eigenvalue weighted by molar-refractivity contribution is -0.173. The van der Waals surface area contributed by atoms with E-state index in [1.54, 1.807) is 31.4 Å². The molecule has 2 unspecified atom stereocenters. The summed E-state index contributed by atoms with van der Waals surface area (Å²) in [6.07, 6.45) is 0.0101. The molecule has 9 nitrogen and oxygen atoms in total. The van der Waals surface area contributed by atoms with Gasteiger partial charge in [0.25, 0.3) is 11.8 Å². The van der Waals surface area contributed by atoms with E-state index >= 15 is 0 Å². The Balaban J connectivity index is 1.15. The molecule has 0 aromatic heterocycles. The Bertz CT molecular complexity index is 1720. The Morgan fingerprint density at radius 2 is 1.27 bits per heavy atom. The summed E-state index contributed by atoms with van der Waals surface area (Å²) in [4.78, 5) is 60.0. The highest BCUT2D eigenvalue weighted by Gasteiger charge is 2.47. The number of amides is 3. The van der Waals surface area contributed by atoms with Crippen LogP contribution in [0.1, 0.15) is 62.2 Å². The smallest absolute Gasteiger partial charge is 0.411 e. The fraction of sp³-hybridized carbons (Fsp3) is 0.200. The second-order valence-electron chi connectivity index (χ2n) is 11.0. The maximum Gasteiger partial charge on any atom is 0.411 e. The zero-order valence-corrected chi connectivity index (χ0v) is 23.8. The predicted octanol–water partition coefficient (Wildman–Crippen LogP) is 5.90. The molecule has 7 rings (SSSR count). The zero-order chi connectivity index (χ0) is 30.4. The lowest BCUT2D eigenvalue weighted by Crippen LogP contribution is -2.46. The van der Waals surface area contributed by atoms with Gasteiger partial charge in [0.1, 0.15) is 18.4 Å². The second kappa shape index (κ2) is 11.0. The van der Waals surface area contributed by atoms with Crippen molar-refractivity contribution in [2.24, 2.45) is 0 Å². The third-order valence-electron chi connectivity index (χ3n) is 8.64. The lowest BCUT2D eigenvalue weighted by Gasteiger charge is -2.30. The number of ether oxygens (including phenoxy) is 2. The van der Waals surface area contributed by atoms with E-state index in [-0.39, 0.29) is 30.1 Å². The summed E-state index contributed by atoms with van der Waals surface area (Å²) < 4.78 is 11.3. The number of hydrogen-bond acceptors (Lipinski definition) is 7. The third-order valence-corrected chi connectivity index (χ3v) is 8.64. The first-order valence-corrected chi connectivity index (χ1v) is 14.4. The highest BCUT2D eigenvalue weighted by atomic mass is 16.7. The van der Waals surface area contributed by atoms with Crippen LogP contribution < -0.4 is 4.74 Å². The second-order valence-corrected chi connectivity index (χ2v) is 11.0. The molecule has 2 atom stereocenters. The van der Waals surface area contributed by atoms with E-state index in [0.29, 0.717) is 17.2 Å². The first-order valence-electron chi connectivity index (χ1n) is 14.4. The molecule has 3 aliphatic rings. The van der Waals surface area contributed by atoms with Crippen molar-refractivity contribution < 1.29 is 33.5 Å². The van der Waals surface area contributed by atoms with E-state index in [4.69, 9.17) is 14.3 Å². The van der Waals surface area contributed by atoms with Crippen LogP contribution >= 0.6 is 0 Å². The van der Waals surface area contributed by atoms with Crippen LogP contribution in [0.5, 0.6) is 5.75 Å². The fourth-order valence-electron chi connectivity index (χ4n) is 6.52. The van der Waals surface area contributed by atoms with Gasteiger partial charge in [-0.1, -0.05) is 77.9 Å². The molecule has 1 aliphatic carbocycles. The van der Waals surface area contributed by atoms with Crippen molar-refractivity contribution in [2.45, 2.75) is 30.8 Å². The van der Waals surface area contributed by atoms with E-state index in [1.807, 2.05) is 48.5 Å². The van der Waals surface area contributed by atoms with Gasteiger partial charge >= 0.3 is 12.1 Å². The van der Waals surface area contributed by atoms with E-state index in [9.17, 15) is 19.2 Å². The summed E-state index contributed by atoms with van der Waals surface area (Å²) in [5, 5.41) is 0.476. The number of hydroxylamine groups is 2. The van der Waals surface area contributed by atoms with Gasteiger partial charge in [-0.15, -0.1) is 0 Å². The Hall–Kier alpha value is -5.44. The van der Waals surface area contributed by atoms with E-state index in [2.05, 4.69) is 12.1 Å². The molecule has 0 saturated carbocycles. The lowest BCUT2D eigenvalue weighted by atomic mass is 9.98. The van der Waals surface area contributed by atoms with Crippen LogP contribution in [0, 0.1) is 0 Å². The molecule has 4 aromatic carbocycles. The number of carbonyl (C=O) groups is 4. The Labute approximate surface area is 253 Å². The highest BCUT2D eigenvalue weighted by molar-refractivity contribution is 6.21. The molecule has 0 spiro atoms. The molecule has 0 radical (unpaired) electrons. The summed E-state index contributed by atoms with van der Waals surface area (Å²) in [5.41, 5.74) is 5.43. The predicted molar refractivity (Wildman–Crippen MR) is 159 cm³/mol. The molecule has 3 amide bonds. The van der Waals surface area contributed by atoms with Crippen molar-refractivity contribution in [1.29, 1.82) is 0 Å². The molecule has 1 saturated heterocycles. The summed E-state index contributed by atoms with van der Waals surface area (Å²) in [5.74, 6) is -1.85.